The maximum atomic E-state index is 11.2. The maximum Gasteiger partial charge on any atom is 0.223 e. The average Bonchev–Trinajstić information content (AvgIpc) is 2.17. The minimum Gasteiger partial charge on any atom is -0.497 e. The molecule has 82 valence electrons. The van der Waals surface area contributed by atoms with Crippen LogP contribution in [0.15, 0.2) is 24.3 Å². The fourth-order valence-electron chi connectivity index (χ4n) is 1.38. The van der Waals surface area contributed by atoms with Crippen molar-refractivity contribution in [2.24, 2.45) is 11.1 Å². The number of benzene rings is 1. The molecule has 0 aromatic heterocycles. The largest absolute Gasteiger partial charge is 0.497 e. The van der Waals surface area contributed by atoms with Gasteiger partial charge in [-0.15, -0.1) is 0 Å². The third-order valence-corrected chi connectivity index (χ3v) is 2.45. The summed E-state index contributed by atoms with van der Waals surface area (Å²) in [6.07, 6.45) is 0.625. The van der Waals surface area contributed by atoms with Gasteiger partial charge in [0.2, 0.25) is 5.91 Å². The molecule has 3 nitrogen and oxygen atoms in total. The van der Waals surface area contributed by atoms with Crippen molar-refractivity contribution >= 4 is 5.91 Å². The summed E-state index contributed by atoms with van der Waals surface area (Å²) in [5, 5.41) is 0. The molecular weight excluding hydrogens is 190 g/mol. The Labute approximate surface area is 90.2 Å². The molecule has 0 aliphatic heterocycles. The van der Waals surface area contributed by atoms with E-state index < -0.39 is 5.41 Å². The first-order valence-electron chi connectivity index (χ1n) is 4.88. The van der Waals surface area contributed by atoms with Crippen molar-refractivity contribution in [1.82, 2.24) is 0 Å². The van der Waals surface area contributed by atoms with Crippen LogP contribution in [0.3, 0.4) is 0 Å². The van der Waals surface area contributed by atoms with Gasteiger partial charge in [-0.3, -0.25) is 4.79 Å². The van der Waals surface area contributed by atoms with Gasteiger partial charge in [0.25, 0.3) is 0 Å². The Morgan fingerprint density at radius 3 is 2.67 bits per heavy atom. The van der Waals surface area contributed by atoms with E-state index in [9.17, 15) is 4.79 Å². The normalized spacial score (nSPS) is 11.1. The molecule has 1 aromatic rings. The third-order valence-electron chi connectivity index (χ3n) is 2.45. The van der Waals surface area contributed by atoms with Gasteiger partial charge in [-0.1, -0.05) is 26.0 Å². The number of carbonyl (C=O) groups excluding carboxylic acids is 1. The molecule has 0 heterocycles. The molecule has 1 aromatic carbocycles. The van der Waals surface area contributed by atoms with E-state index in [0.717, 1.165) is 11.3 Å². The lowest BCUT2D eigenvalue weighted by atomic mass is 9.85. The van der Waals surface area contributed by atoms with Gasteiger partial charge in [0, 0.05) is 5.41 Å². The van der Waals surface area contributed by atoms with Crippen molar-refractivity contribution in [3.8, 4) is 5.75 Å². The van der Waals surface area contributed by atoms with E-state index in [1.54, 1.807) is 7.11 Å². The van der Waals surface area contributed by atoms with Crippen molar-refractivity contribution in [3.05, 3.63) is 29.8 Å². The third kappa shape index (κ3) is 2.98. The molecule has 2 N–H and O–H groups in total. The number of nitrogens with two attached hydrogens (primary N) is 1. The van der Waals surface area contributed by atoms with Crippen LogP contribution in [0.5, 0.6) is 5.75 Å². The number of carbonyl (C=O) groups is 1. The highest BCUT2D eigenvalue weighted by Crippen LogP contribution is 2.23. The molecule has 0 saturated heterocycles. The van der Waals surface area contributed by atoms with Crippen molar-refractivity contribution in [3.63, 3.8) is 0 Å². The van der Waals surface area contributed by atoms with Crippen LogP contribution in [0.4, 0.5) is 0 Å². The van der Waals surface area contributed by atoms with E-state index in [2.05, 4.69) is 0 Å². The quantitative estimate of drug-likeness (QED) is 0.817. The minimum atomic E-state index is -0.521. The van der Waals surface area contributed by atoms with Gasteiger partial charge in [0.15, 0.2) is 0 Å². The zero-order chi connectivity index (χ0) is 11.5. The van der Waals surface area contributed by atoms with E-state index in [0.29, 0.717) is 6.42 Å². The predicted molar refractivity (Wildman–Crippen MR) is 59.7 cm³/mol. The minimum absolute atomic E-state index is 0.287. The molecule has 0 saturated carbocycles. The second-order valence-electron chi connectivity index (χ2n) is 4.28. The Morgan fingerprint density at radius 2 is 2.13 bits per heavy atom. The number of methoxy groups -OCH3 is 1. The lowest BCUT2D eigenvalue weighted by molar-refractivity contribution is -0.125. The zero-order valence-corrected chi connectivity index (χ0v) is 9.41. The number of hydrogen-bond acceptors (Lipinski definition) is 2. The topological polar surface area (TPSA) is 52.3 Å². The van der Waals surface area contributed by atoms with Crippen LogP contribution in [0.2, 0.25) is 0 Å². The number of primary amides is 1. The first-order valence-corrected chi connectivity index (χ1v) is 4.88. The Balaban J connectivity index is 2.85. The van der Waals surface area contributed by atoms with Crippen molar-refractivity contribution < 1.29 is 9.53 Å². The average molecular weight is 207 g/mol. The first kappa shape index (κ1) is 11.6. The van der Waals surface area contributed by atoms with Gasteiger partial charge < -0.3 is 10.5 Å². The van der Waals surface area contributed by atoms with Gasteiger partial charge in [0.1, 0.15) is 5.75 Å². The Bertz CT molecular complexity index is 358. The van der Waals surface area contributed by atoms with Crippen molar-refractivity contribution in [2.75, 3.05) is 7.11 Å². The summed E-state index contributed by atoms with van der Waals surface area (Å²) in [5.74, 6) is 0.512. The fraction of sp³-hybridized carbons (Fsp3) is 0.417. The van der Waals surface area contributed by atoms with Crippen LogP contribution in [-0.4, -0.2) is 13.0 Å². The number of amides is 1. The van der Waals surface area contributed by atoms with Gasteiger partial charge in [-0.05, 0) is 24.1 Å². The molecule has 0 spiro atoms. The lowest BCUT2D eigenvalue weighted by Crippen LogP contribution is -2.33. The lowest BCUT2D eigenvalue weighted by Gasteiger charge is -2.20. The Hall–Kier alpha value is -1.51. The SMILES string of the molecule is COc1cccc(CC(C)(C)C(N)=O)c1. The first-order chi connectivity index (χ1) is 6.95. The smallest absolute Gasteiger partial charge is 0.223 e. The molecule has 1 rings (SSSR count). The van der Waals surface area contributed by atoms with Gasteiger partial charge >= 0.3 is 0 Å². The molecular formula is C12H17NO2. The van der Waals surface area contributed by atoms with Gasteiger partial charge in [0.05, 0.1) is 7.11 Å². The summed E-state index contributed by atoms with van der Waals surface area (Å²) >= 11 is 0. The molecule has 3 heteroatoms. The molecule has 0 fully saturated rings. The fourth-order valence-corrected chi connectivity index (χ4v) is 1.38. The van der Waals surface area contributed by atoms with Gasteiger partial charge in [-0.2, -0.15) is 0 Å². The second kappa shape index (κ2) is 4.34. The molecule has 0 radical (unpaired) electrons. The summed E-state index contributed by atoms with van der Waals surface area (Å²) in [7, 11) is 1.62. The summed E-state index contributed by atoms with van der Waals surface area (Å²) in [6.45, 7) is 3.68. The van der Waals surface area contributed by atoms with E-state index in [-0.39, 0.29) is 5.91 Å². The van der Waals surface area contributed by atoms with Crippen LogP contribution in [0, 0.1) is 5.41 Å². The molecule has 15 heavy (non-hydrogen) atoms. The van der Waals surface area contributed by atoms with Crippen molar-refractivity contribution in [2.45, 2.75) is 20.3 Å². The van der Waals surface area contributed by atoms with E-state index in [4.69, 9.17) is 10.5 Å². The van der Waals surface area contributed by atoms with Crippen LogP contribution in [0.1, 0.15) is 19.4 Å². The van der Waals surface area contributed by atoms with Crippen LogP contribution < -0.4 is 10.5 Å². The molecule has 0 atom stereocenters. The molecule has 0 aliphatic rings. The summed E-state index contributed by atoms with van der Waals surface area (Å²) in [6, 6.07) is 7.67. The summed E-state index contributed by atoms with van der Waals surface area (Å²) in [4.78, 5) is 11.2. The predicted octanol–water partition coefficient (Wildman–Crippen LogP) is 1.75. The Kier molecular flexibility index (Phi) is 3.35. The van der Waals surface area contributed by atoms with Crippen LogP contribution in [0.25, 0.3) is 0 Å². The highest BCUT2D eigenvalue weighted by atomic mass is 16.5. The summed E-state index contributed by atoms with van der Waals surface area (Å²) in [5.41, 5.74) is 5.85. The molecule has 0 aliphatic carbocycles. The number of rotatable bonds is 4. The molecule has 1 amide bonds. The van der Waals surface area contributed by atoms with E-state index >= 15 is 0 Å². The molecule has 0 bridgehead atoms. The zero-order valence-electron chi connectivity index (χ0n) is 9.41. The van der Waals surface area contributed by atoms with E-state index in [1.165, 1.54) is 0 Å². The monoisotopic (exact) mass is 207 g/mol. The molecule has 0 unspecified atom stereocenters. The second-order valence-corrected chi connectivity index (χ2v) is 4.28. The highest BCUT2D eigenvalue weighted by molar-refractivity contribution is 5.80. The van der Waals surface area contributed by atoms with Gasteiger partial charge in [-0.25, -0.2) is 0 Å². The number of ether oxygens (including phenoxy) is 1. The highest BCUT2D eigenvalue weighted by Gasteiger charge is 2.25. The Morgan fingerprint density at radius 1 is 1.47 bits per heavy atom. The number of hydrogen-bond donors (Lipinski definition) is 1. The van der Waals surface area contributed by atoms with Crippen molar-refractivity contribution in [1.29, 1.82) is 0 Å². The maximum absolute atomic E-state index is 11.2. The van der Waals surface area contributed by atoms with Crippen LogP contribution >= 0.6 is 0 Å². The van der Waals surface area contributed by atoms with E-state index in [1.807, 2.05) is 38.1 Å². The standard InChI is InChI=1S/C12H17NO2/c1-12(2,11(13)14)8-9-5-4-6-10(7-9)15-3/h4-7H,8H2,1-3H3,(H2,13,14). The van der Waals surface area contributed by atoms with Crippen LogP contribution in [-0.2, 0) is 11.2 Å². The summed E-state index contributed by atoms with van der Waals surface area (Å²) < 4.78 is 5.11.